The van der Waals surface area contributed by atoms with Gasteiger partial charge in [-0.1, -0.05) is 0 Å². The van der Waals surface area contributed by atoms with Crippen LogP contribution in [-0.4, -0.2) is 66.1 Å². The Morgan fingerprint density at radius 1 is 0.381 bits per heavy atom. The molecule has 8 nitrogen and oxygen atoms in total. The van der Waals surface area contributed by atoms with Gasteiger partial charge in [-0.2, -0.15) is 0 Å². The summed E-state index contributed by atoms with van der Waals surface area (Å²) in [6, 6.07) is 0. The molecule has 0 heterocycles. The lowest BCUT2D eigenvalue weighted by molar-refractivity contribution is -0.0114. The van der Waals surface area contributed by atoms with Gasteiger partial charge in [-0.15, -0.1) is 0 Å². The lowest BCUT2D eigenvalue weighted by Crippen LogP contribution is -2.14. The summed E-state index contributed by atoms with van der Waals surface area (Å²) in [5.41, 5.74) is 0. The van der Waals surface area contributed by atoms with Crippen LogP contribution in [0, 0.1) is 0 Å². The molecule has 21 heavy (non-hydrogen) atoms. The van der Waals surface area contributed by atoms with Crippen molar-refractivity contribution >= 4 is 0 Å². The van der Waals surface area contributed by atoms with E-state index >= 15 is 0 Å². The maximum absolute atomic E-state index is 5.42. The standard InChI is InChI=1S/C13H30N2O6/c14-20-5-3-1-2-4-16-6-7-17-8-9-18-10-11-19-12-13-21-15/h1-15H2. The minimum Gasteiger partial charge on any atom is -0.379 e. The Bertz CT molecular complexity index is 170. The van der Waals surface area contributed by atoms with Gasteiger partial charge in [0.2, 0.25) is 0 Å². The molecule has 128 valence electrons. The van der Waals surface area contributed by atoms with E-state index in [2.05, 4.69) is 9.68 Å². The Balaban J connectivity index is 2.90. The van der Waals surface area contributed by atoms with Crippen molar-refractivity contribution in [3.63, 3.8) is 0 Å². The van der Waals surface area contributed by atoms with E-state index in [-0.39, 0.29) is 0 Å². The zero-order valence-corrected chi connectivity index (χ0v) is 12.8. The minimum absolute atomic E-state index is 0.393. The first-order valence-electron chi connectivity index (χ1n) is 7.36. The van der Waals surface area contributed by atoms with Crippen molar-refractivity contribution in [3.05, 3.63) is 0 Å². The highest BCUT2D eigenvalue weighted by Gasteiger charge is 1.93. The maximum Gasteiger partial charge on any atom is 0.0913 e. The van der Waals surface area contributed by atoms with E-state index in [0.717, 1.165) is 25.9 Å². The molecular formula is C13H30N2O6. The summed E-state index contributed by atoms with van der Waals surface area (Å²) in [6.45, 7) is 5.59. The predicted octanol–water partition coefficient (Wildman–Crippen LogP) is 0.00370. The zero-order valence-electron chi connectivity index (χ0n) is 12.8. The molecule has 0 saturated heterocycles. The number of rotatable bonds is 18. The average Bonchev–Trinajstić information content (AvgIpc) is 2.50. The fraction of sp³-hybridized carbons (Fsp3) is 1.00. The van der Waals surface area contributed by atoms with Crippen LogP contribution >= 0.6 is 0 Å². The lowest BCUT2D eigenvalue weighted by Gasteiger charge is -2.07. The molecule has 0 unspecified atom stereocenters. The van der Waals surface area contributed by atoms with Crippen molar-refractivity contribution in [2.45, 2.75) is 19.3 Å². The Morgan fingerprint density at radius 2 is 0.762 bits per heavy atom. The Hall–Kier alpha value is -0.320. The molecule has 0 radical (unpaired) electrons. The van der Waals surface area contributed by atoms with Crippen molar-refractivity contribution < 1.29 is 28.6 Å². The maximum atomic E-state index is 5.42. The molecule has 0 bridgehead atoms. The molecule has 0 saturated carbocycles. The van der Waals surface area contributed by atoms with Gasteiger partial charge in [0.15, 0.2) is 0 Å². The van der Waals surface area contributed by atoms with Crippen molar-refractivity contribution in [1.82, 2.24) is 0 Å². The van der Waals surface area contributed by atoms with E-state index in [1.807, 2.05) is 0 Å². The highest BCUT2D eigenvalue weighted by Crippen LogP contribution is 1.95. The van der Waals surface area contributed by atoms with Crippen LogP contribution in [-0.2, 0) is 28.6 Å². The smallest absolute Gasteiger partial charge is 0.0913 e. The largest absolute Gasteiger partial charge is 0.379 e. The fourth-order valence-corrected chi connectivity index (χ4v) is 1.44. The van der Waals surface area contributed by atoms with Crippen LogP contribution in [0.5, 0.6) is 0 Å². The molecule has 8 heteroatoms. The van der Waals surface area contributed by atoms with Crippen LogP contribution in [0.1, 0.15) is 19.3 Å². The van der Waals surface area contributed by atoms with Crippen LogP contribution in [0.2, 0.25) is 0 Å². The first-order chi connectivity index (χ1) is 10.4. The molecule has 0 aromatic heterocycles. The number of hydrogen-bond acceptors (Lipinski definition) is 8. The van der Waals surface area contributed by atoms with Gasteiger partial charge in [-0.3, -0.25) is 0 Å². The molecule has 0 amide bonds. The van der Waals surface area contributed by atoms with Crippen molar-refractivity contribution in [3.8, 4) is 0 Å². The third-order valence-corrected chi connectivity index (χ3v) is 2.51. The molecule has 0 aliphatic rings. The molecule has 0 aromatic rings. The molecular weight excluding hydrogens is 280 g/mol. The minimum atomic E-state index is 0.393. The lowest BCUT2D eigenvalue weighted by atomic mass is 10.2. The van der Waals surface area contributed by atoms with Crippen LogP contribution in [0.15, 0.2) is 0 Å². The third-order valence-electron chi connectivity index (χ3n) is 2.51. The van der Waals surface area contributed by atoms with Gasteiger partial charge >= 0.3 is 0 Å². The van der Waals surface area contributed by atoms with Gasteiger partial charge < -0.3 is 28.6 Å². The molecule has 0 atom stereocenters. The van der Waals surface area contributed by atoms with Gasteiger partial charge in [0.1, 0.15) is 0 Å². The molecule has 0 aliphatic heterocycles. The summed E-state index contributed by atoms with van der Waals surface area (Å²) in [5, 5.41) is 0. The molecule has 0 aromatic carbocycles. The van der Waals surface area contributed by atoms with Crippen LogP contribution < -0.4 is 11.8 Å². The van der Waals surface area contributed by atoms with Gasteiger partial charge in [-0.05, 0) is 19.3 Å². The van der Waals surface area contributed by atoms with Crippen LogP contribution in [0.4, 0.5) is 0 Å². The Kier molecular flexibility index (Phi) is 19.4. The van der Waals surface area contributed by atoms with E-state index < -0.39 is 0 Å². The molecule has 4 N–H and O–H groups in total. The zero-order chi connectivity index (χ0) is 15.4. The third kappa shape index (κ3) is 19.7. The highest BCUT2D eigenvalue weighted by molar-refractivity contribution is 4.40. The van der Waals surface area contributed by atoms with E-state index in [9.17, 15) is 0 Å². The Labute approximate surface area is 126 Å². The first kappa shape index (κ1) is 20.7. The molecule has 0 spiro atoms. The monoisotopic (exact) mass is 310 g/mol. The summed E-state index contributed by atoms with van der Waals surface area (Å²) in [5.74, 6) is 9.77. The van der Waals surface area contributed by atoms with E-state index in [1.54, 1.807) is 0 Å². The summed E-state index contributed by atoms with van der Waals surface area (Å²) >= 11 is 0. The second kappa shape index (κ2) is 19.7. The predicted molar refractivity (Wildman–Crippen MR) is 77.4 cm³/mol. The fourth-order valence-electron chi connectivity index (χ4n) is 1.44. The van der Waals surface area contributed by atoms with Crippen LogP contribution in [0.3, 0.4) is 0 Å². The summed E-state index contributed by atoms with van der Waals surface area (Å²) in [7, 11) is 0. The normalized spacial score (nSPS) is 11.1. The second-order valence-electron chi connectivity index (χ2n) is 4.25. The van der Waals surface area contributed by atoms with Gasteiger partial charge in [0.05, 0.1) is 59.5 Å². The summed E-state index contributed by atoms with van der Waals surface area (Å²) < 4.78 is 21.3. The van der Waals surface area contributed by atoms with E-state index in [0.29, 0.717) is 59.5 Å². The van der Waals surface area contributed by atoms with E-state index in [4.69, 9.17) is 30.7 Å². The first-order valence-corrected chi connectivity index (χ1v) is 7.36. The second-order valence-corrected chi connectivity index (χ2v) is 4.25. The number of unbranched alkanes of at least 4 members (excludes halogenated alkanes) is 2. The molecule has 0 rings (SSSR count). The van der Waals surface area contributed by atoms with E-state index in [1.165, 1.54) is 0 Å². The molecule has 0 fully saturated rings. The number of nitrogens with two attached hydrogens (primary N) is 2. The number of hydrogen-bond donors (Lipinski definition) is 2. The Morgan fingerprint density at radius 3 is 1.24 bits per heavy atom. The van der Waals surface area contributed by atoms with Crippen molar-refractivity contribution in [1.29, 1.82) is 0 Å². The summed E-state index contributed by atoms with van der Waals surface area (Å²) in [6.07, 6.45) is 3.05. The van der Waals surface area contributed by atoms with Gasteiger partial charge in [0.25, 0.3) is 0 Å². The topological polar surface area (TPSA) is 107 Å². The van der Waals surface area contributed by atoms with Crippen molar-refractivity contribution in [2.75, 3.05) is 66.1 Å². The number of ether oxygens (including phenoxy) is 4. The van der Waals surface area contributed by atoms with Gasteiger partial charge in [-0.25, -0.2) is 11.8 Å². The highest BCUT2D eigenvalue weighted by atomic mass is 16.6. The molecule has 0 aliphatic carbocycles. The quantitative estimate of drug-likeness (QED) is 0.269. The van der Waals surface area contributed by atoms with Crippen molar-refractivity contribution in [2.24, 2.45) is 11.8 Å². The van der Waals surface area contributed by atoms with Crippen LogP contribution in [0.25, 0.3) is 0 Å². The summed E-state index contributed by atoms with van der Waals surface area (Å²) in [4.78, 5) is 8.83. The average molecular weight is 310 g/mol. The van der Waals surface area contributed by atoms with Gasteiger partial charge in [0, 0.05) is 6.61 Å². The SMILES string of the molecule is NOCCCCCOCCOCCOCCOCCON.